The van der Waals surface area contributed by atoms with Crippen molar-refractivity contribution in [2.45, 2.75) is 51.6 Å². The van der Waals surface area contributed by atoms with Crippen LogP contribution < -0.4 is 9.62 Å². The van der Waals surface area contributed by atoms with Crippen LogP contribution in [0.5, 0.6) is 0 Å². The molecule has 0 aliphatic carbocycles. The molecule has 0 saturated heterocycles. The van der Waals surface area contributed by atoms with Crippen LogP contribution >= 0.6 is 11.6 Å². The highest BCUT2D eigenvalue weighted by atomic mass is 35.5. The van der Waals surface area contributed by atoms with E-state index in [2.05, 4.69) is 5.32 Å². The summed E-state index contributed by atoms with van der Waals surface area (Å²) in [6.07, 6.45) is 0.354. The van der Waals surface area contributed by atoms with Gasteiger partial charge in [0.15, 0.2) is 0 Å². The fourth-order valence-corrected chi connectivity index (χ4v) is 5.91. The van der Waals surface area contributed by atoms with Gasteiger partial charge in [0.1, 0.15) is 12.6 Å². The Kier molecular flexibility index (Phi) is 9.57. The van der Waals surface area contributed by atoms with Gasteiger partial charge >= 0.3 is 0 Å². The third-order valence-electron chi connectivity index (χ3n) is 6.41. The molecule has 202 valence electrons. The van der Waals surface area contributed by atoms with Crippen molar-refractivity contribution in [3.05, 3.63) is 94.0 Å². The van der Waals surface area contributed by atoms with Crippen LogP contribution in [0.4, 0.5) is 5.69 Å². The normalized spacial score (nSPS) is 12.1. The number of carbonyl (C=O) groups excluding carboxylic acids is 2. The maximum absolute atomic E-state index is 13.9. The van der Waals surface area contributed by atoms with Crippen LogP contribution in [0.15, 0.2) is 71.6 Å². The standard InChI is InChI=1S/C29H34ClN3O4S/c1-6-26(29(35)31-5)32(18-23-10-12-24(30)13-11-23)28(34)19-33(27-16-9-21(3)17-22(27)4)38(36,37)25-14-7-20(2)8-15-25/h7-17,26H,6,18-19H2,1-5H3,(H,31,35)/t26-/m1/s1. The van der Waals surface area contributed by atoms with Gasteiger partial charge in [0.05, 0.1) is 10.6 Å². The van der Waals surface area contributed by atoms with Crippen LogP contribution in [-0.2, 0) is 26.2 Å². The SMILES string of the molecule is CC[C@H](C(=O)NC)N(Cc1ccc(Cl)cc1)C(=O)CN(c1ccc(C)cc1C)S(=O)(=O)c1ccc(C)cc1. The molecule has 7 nitrogen and oxygen atoms in total. The van der Waals surface area contributed by atoms with Crippen molar-refractivity contribution < 1.29 is 18.0 Å². The molecule has 0 aromatic heterocycles. The summed E-state index contributed by atoms with van der Waals surface area (Å²) in [4.78, 5) is 28.2. The number of anilines is 1. The van der Waals surface area contributed by atoms with E-state index < -0.39 is 28.5 Å². The first-order valence-electron chi connectivity index (χ1n) is 12.4. The number of rotatable bonds is 10. The Balaban J connectivity index is 2.09. The van der Waals surface area contributed by atoms with Gasteiger partial charge < -0.3 is 10.2 Å². The number of amides is 2. The average molecular weight is 556 g/mol. The molecule has 0 fully saturated rings. The van der Waals surface area contributed by atoms with Gasteiger partial charge in [0, 0.05) is 18.6 Å². The molecular weight excluding hydrogens is 522 g/mol. The molecule has 0 aliphatic rings. The van der Waals surface area contributed by atoms with E-state index in [4.69, 9.17) is 11.6 Å². The Hall–Kier alpha value is -3.36. The van der Waals surface area contributed by atoms with Crippen molar-refractivity contribution in [1.82, 2.24) is 10.2 Å². The van der Waals surface area contributed by atoms with Crippen LogP contribution in [0.25, 0.3) is 0 Å². The summed E-state index contributed by atoms with van der Waals surface area (Å²) < 4.78 is 29.0. The summed E-state index contributed by atoms with van der Waals surface area (Å²) in [5, 5.41) is 3.17. The Morgan fingerprint density at radius 1 is 0.921 bits per heavy atom. The molecule has 1 atom stereocenters. The minimum absolute atomic E-state index is 0.0819. The van der Waals surface area contributed by atoms with Gasteiger partial charge in [-0.1, -0.05) is 66.0 Å². The number of carbonyl (C=O) groups is 2. The molecule has 0 radical (unpaired) electrons. The van der Waals surface area contributed by atoms with Gasteiger partial charge in [0.25, 0.3) is 10.0 Å². The molecule has 0 saturated carbocycles. The Bertz CT molecular complexity index is 1390. The van der Waals surface area contributed by atoms with Gasteiger partial charge in [-0.15, -0.1) is 0 Å². The quantitative estimate of drug-likeness (QED) is 0.381. The van der Waals surface area contributed by atoms with Crippen LogP contribution in [0, 0.1) is 20.8 Å². The average Bonchev–Trinajstić information content (AvgIpc) is 2.88. The fraction of sp³-hybridized carbons (Fsp3) is 0.310. The molecule has 0 heterocycles. The van der Waals surface area contributed by atoms with Crippen molar-refractivity contribution in [2.75, 3.05) is 17.9 Å². The van der Waals surface area contributed by atoms with Gasteiger partial charge in [-0.2, -0.15) is 0 Å². The molecule has 0 spiro atoms. The van der Waals surface area contributed by atoms with E-state index in [9.17, 15) is 18.0 Å². The second kappa shape index (κ2) is 12.5. The molecule has 38 heavy (non-hydrogen) atoms. The molecule has 9 heteroatoms. The van der Waals surface area contributed by atoms with Crippen molar-refractivity contribution in [2.24, 2.45) is 0 Å². The van der Waals surface area contributed by atoms with E-state index in [1.54, 1.807) is 42.5 Å². The van der Waals surface area contributed by atoms with Crippen LogP contribution in [0.2, 0.25) is 5.02 Å². The summed E-state index contributed by atoms with van der Waals surface area (Å²) in [5.41, 5.74) is 3.79. The van der Waals surface area contributed by atoms with Gasteiger partial charge in [-0.25, -0.2) is 8.42 Å². The van der Waals surface area contributed by atoms with Crippen molar-refractivity contribution >= 4 is 39.1 Å². The minimum Gasteiger partial charge on any atom is -0.357 e. The van der Waals surface area contributed by atoms with Crippen LogP contribution in [-0.4, -0.2) is 44.8 Å². The lowest BCUT2D eigenvalue weighted by atomic mass is 10.1. The largest absolute Gasteiger partial charge is 0.357 e. The number of hydrogen-bond acceptors (Lipinski definition) is 4. The number of hydrogen-bond donors (Lipinski definition) is 1. The predicted octanol–water partition coefficient (Wildman–Crippen LogP) is 5.01. The Labute approximate surface area is 230 Å². The Morgan fingerprint density at radius 2 is 1.53 bits per heavy atom. The van der Waals surface area contributed by atoms with Crippen molar-refractivity contribution in [1.29, 1.82) is 0 Å². The van der Waals surface area contributed by atoms with E-state index in [-0.39, 0.29) is 17.3 Å². The second-order valence-electron chi connectivity index (χ2n) is 9.30. The fourth-order valence-electron chi connectivity index (χ4n) is 4.31. The molecule has 3 aromatic carbocycles. The molecule has 3 rings (SSSR count). The minimum atomic E-state index is -4.10. The number of benzene rings is 3. The maximum Gasteiger partial charge on any atom is 0.264 e. The van der Waals surface area contributed by atoms with Crippen LogP contribution in [0.3, 0.4) is 0 Å². The summed E-state index contributed by atoms with van der Waals surface area (Å²) in [6.45, 7) is 7.07. The number of sulfonamides is 1. The number of likely N-dealkylation sites (N-methyl/N-ethyl adjacent to an activating group) is 1. The first-order valence-corrected chi connectivity index (χ1v) is 14.2. The molecule has 1 N–H and O–H groups in total. The highest BCUT2D eigenvalue weighted by Crippen LogP contribution is 2.28. The van der Waals surface area contributed by atoms with Gasteiger partial charge in [-0.3, -0.25) is 13.9 Å². The molecule has 3 aromatic rings. The molecule has 0 aliphatic heterocycles. The van der Waals surface area contributed by atoms with Crippen molar-refractivity contribution in [3.8, 4) is 0 Å². The van der Waals surface area contributed by atoms with E-state index in [1.807, 2.05) is 39.8 Å². The lowest BCUT2D eigenvalue weighted by Crippen LogP contribution is -2.51. The number of nitrogens with zero attached hydrogens (tertiary/aromatic N) is 2. The zero-order valence-corrected chi connectivity index (χ0v) is 23.9. The summed E-state index contributed by atoms with van der Waals surface area (Å²) in [7, 11) is -2.59. The van der Waals surface area contributed by atoms with E-state index >= 15 is 0 Å². The topological polar surface area (TPSA) is 86.8 Å². The molecular formula is C29H34ClN3O4S. The molecule has 0 unspecified atom stereocenters. The zero-order valence-electron chi connectivity index (χ0n) is 22.4. The third-order valence-corrected chi connectivity index (χ3v) is 8.43. The summed E-state index contributed by atoms with van der Waals surface area (Å²) in [5.74, 6) is -0.819. The predicted molar refractivity (Wildman–Crippen MR) is 152 cm³/mol. The first-order chi connectivity index (χ1) is 18.0. The van der Waals surface area contributed by atoms with Gasteiger partial charge in [0.2, 0.25) is 11.8 Å². The van der Waals surface area contributed by atoms with E-state index in [0.717, 1.165) is 26.6 Å². The molecule has 0 bridgehead atoms. The monoisotopic (exact) mass is 555 g/mol. The number of halogens is 1. The second-order valence-corrected chi connectivity index (χ2v) is 11.6. The lowest BCUT2D eigenvalue weighted by molar-refractivity contribution is -0.140. The zero-order chi connectivity index (χ0) is 28.0. The summed E-state index contributed by atoms with van der Waals surface area (Å²) >= 11 is 6.04. The van der Waals surface area contributed by atoms with E-state index in [0.29, 0.717) is 17.1 Å². The number of nitrogens with one attached hydrogen (secondary N) is 1. The van der Waals surface area contributed by atoms with E-state index in [1.165, 1.54) is 24.1 Å². The summed E-state index contributed by atoms with van der Waals surface area (Å²) in [6, 6.07) is 18.1. The van der Waals surface area contributed by atoms with Crippen LogP contribution in [0.1, 0.15) is 35.6 Å². The first kappa shape index (κ1) is 29.2. The maximum atomic E-state index is 13.9. The lowest BCUT2D eigenvalue weighted by Gasteiger charge is -2.33. The van der Waals surface area contributed by atoms with Crippen molar-refractivity contribution in [3.63, 3.8) is 0 Å². The highest BCUT2D eigenvalue weighted by molar-refractivity contribution is 7.92. The highest BCUT2D eigenvalue weighted by Gasteiger charge is 2.33. The Morgan fingerprint density at radius 3 is 2.08 bits per heavy atom. The molecule has 2 amide bonds. The number of aryl methyl sites for hydroxylation is 3. The van der Waals surface area contributed by atoms with Gasteiger partial charge in [-0.05, 0) is 68.7 Å². The smallest absolute Gasteiger partial charge is 0.264 e. The third kappa shape index (κ3) is 6.74.